The maximum absolute atomic E-state index is 11.3. The van der Waals surface area contributed by atoms with Crippen LogP contribution in [0.15, 0.2) is 0 Å². The SMILES string of the molecule is CC(C)C1CCCC(O)(C2(CN)CCCCC2)CC1. The first-order valence-corrected chi connectivity index (χ1v) is 8.45. The predicted molar refractivity (Wildman–Crippen MR) is 80.9 cm³/mol. The monoisotopic (exact) mass is 267 g/mol. The second kappa shape index (κ2) is 6.13. The molecular weight excluding hydrogens is 234 g/mol. The Labute approximate surface area is 119 Å². The Balaban J connectivity index is 2.11. The van der Waals surface area contributed by atoms with Gasteiger partial charge in [-0.1, -0.05) is 46.0 Å². The highest BCUT2D eigenvalue weighted by atomic mass is 16.3. The van der Waals surface area contributed by atoms with Crippen molar-refractivity contribution in [1.29, 1.82) is 0 Å². The smallest absolute Gasteiger partial charge is 0.0715 e. The van der Waals surface area contributed by atoms with Crippen LogP contribution in [0.4, 0.5) is 0 Å². The summed E-state index contributed by atoms with van der Waals surface area (Å²) >= 11 is 0. The lowest BCUT2D eigenvalue weighted by Gasteiger charge is -2.49. The van der Waals surface area contributed by atoms with Gasteiger partial charge >= 0.3 is 0 Å². The van der Waals surface area contributed by atoms with E-state index in [1.165, 1.54) is 38.5 Å². The third-order valence-corrected chi connectivity index (χ3v) is 6.23. The topological polar surface area (TPSA) is 46.2 Å². The van der Waals surface area contributed by atoms with Crippen molar-refractivity contribution in [2.75, 3.05) is 6.54 Å². The van der Waals surface area contributed by atoms with Gasteiger partial charge in [0, 0.05) is 12.0 Å². The fourth-order valence-electron chi connectivity index (χ4n) is 4.64. The van der Waals surface area contributed by atoms with Gasteiger partial charge in [0.25, 0.3) is 0 Å². The number of hydrogen-bond acceptors (Lipinski definition) is 2. The predicted octanol–water partition coefficient (Wildman–Crippen LogP) is 3.86. The highest BCUT2D eigenvalue weighted by Gasteiger charge is 2.49. The average Bonchev–Trinajstić information content (AvgIpc) is 2.63. The summed E-state index contributed by atoms with van der Waals surface area (Å²) in [7, 11) is 0. The molecule has 0 spiro atoms. The molecule has 2 aliphatic rings. The van der Waals surface area contributed by atoms with Gasteiger partial charge in [0.05, 0.1) is 5.60 Å². The van der Waals surface area contributed by atoms with Crippen LogP contribution in [0.25, 0.3) is 0 Å². The first kappa shape index (κ1) is 15.3. The third kappa shape index (κ3) is 3.00. The summed E-state index contributed by atoms with van der Waals surface area (Å²) in [5, 5.41) is 11.3. The molecule has 2 aliphatic carbocycles. The van der Waals surface area contributed by atoms with E-state index in [2.05, 4.69) is 13.8 Å². The molecule has 2 heteroatoms. The van der Waals surface area contributed by atoms with Crippen LogP contribution in [0.3, 0.4) is 0 Å². The van der Waals surface area contributed by atoms with Crippen LogP contribution in [0.1, 0.15) is 78.1 Å². The minimum absolute atomic E-state index is 0.0249. The van der Waals surface area contributed by atoms with Crippen molar-refractivity contribution in [2.24, 2.45) is 23.0 Å². The fourth-order valence-corrected chi connectivity index (χ4v) is 4.64. The highest BCUT2D eigenvalue weighted by Crippen LogP contribution is 2.50. The lowest BCUT2D eigenvalue weighted by molar-refractivity contribution is -0.110. The van der Waals surface area contributed by atoms with Crippen LogP contribution in [0, 0.1) is 17.3 Å². The van der Waals surface area contributed by atoms with E-state index in [0.717, 1.165) is 37.5 Å². The molecule has 0 radical (unpaired) electrons. The van der Waals surface area contributed by atoms with Crippen molar-refractivity contribution >= 4 is 0 Å². The van der Waals surface area contributed by atoms with Crippen LogP contribution >= 0.6 is 0 Å². The summed E-state index contributed by atoms with van der Waals surface area (Å²) in [5.41, 5.74) is 5.68. The molecule has 0 aromatic heterocycles. The van der Waals surface area contributed by atoms with Gasteiger partial charge in [-0.25, -0.2) is 0 Å². The van der Waals surface area contributed by atoms with E-state index in [-0.39, 0.29) is 5.41 Å². The van der Waals surface area contributed by atoms with E-state index < -0.39 is 5.60 Å². The normalized spacial score (nSPS) is 36.2. The van der Waals surface area contributed by atoms with Gasteiger partial charge in [-0.3, -0.25) is 0 Å². The molecular formula is C17H33NO. The molecule has 0 bridgehead atoms. The summed E-state index contributed by atoms with van der Waals surface area (Å²) in [6, 6.07) is 0. The molecule has 19 heavy (non-hydrogen) atoms. The zero-order valence-corrected chi connectivity index (χ0v) is 13.0. The molecule has 2 fully saturated rings. The molecule has 3 N–H and O–H groups in total. The molecule has 112 valence electrons. The van der Waals surface area contributed by atoms with Crippen molar-refractivity contribution in [3.8, 4) is 0 Å². The lowest BCUT2D eigenvalue weighted by Crippen LogP contribution is -2.53. The quantitative estimate of drug-likeness (QED) is 0.763. The van der Waals surface area contributed by atoms with Crippen LogP contribution in [0.5, 0.6) is 0 Å². The molecule has 2 nitrogen and oxygen atoms in total. The maximum Gasteiger partial charge on any atom is 0.0715 e. The Hall–Kier alpha value is -0.0800. The van der Waals surface area contributed by atoms with Crippen LogP contribution in [0.2, 0.25) is 0 Å². The van der Waals surface area contributed by atoms with Gasteiger partial charge in [0.15, 0.2) is 0 Å². The summed E-state index contributed by atoms with van der Waals surface area (Å²) in [4.78, 5) is 0. The average molecular weight is 267 g/mol. The molecule has 2 saturated carbocycles. The molecule has 2 unspecified atom stereocenters. The van der Waals surface area contributed by atoms with E-state index in [0.29, 0.717) is 6.54 Å². The van der Waals surface area contributed by atoms with E-state index in [9.17, 15) is 5.11 Å². The second-order valence-corrected chi connectivity index (χ2v) is 7.51. The Bertz CT molecular complexity index is 283. The zero-order valence-electron chi connectivity index (χ0n) is 13.0. The minimum Gasteiger partial charge on any atom is -0.389 e. The largest absolute Gasteiger partial charge is 0.389 e. The van der Waals surface area contributed by atoms with Crippen LogP contribution < -0.4 is 5.73 Å². The first-order chi connectivity index (χ1) is 9.03. The Morgan fingerprint density at radius 2 is 1.68 bits per heavy atom. The Kier molecular flexibility index (Phi) is 4.94. The molecule has 0 aromatic rings. The van der Waals surface area contributed by atoms with Crippen molar-refractivity contribution in [2.45, 2.75) is 83.7 Å². The van der Waals surface area contributed by atoms with E-state index in [1.807, 2.05) is 0 Å². The maximum atomic E-state index is 11.3. The summed E-state index contributed by atoms with van der Waals surface area (Å²) in [6.45, 7) is 5.33. The van der Waals surface area contributed by atoms with Crippen LogP contribution in [-0.2, 0) is 0 Å². The van der Waals surface area contributed by atoms with E-state index in [1.54, 1.807) is 0 Å². The molecule has 0 aromatic carbocycles. The zero-order chi connectivity index (χ0) is 13.9. The minimum atomic E-state index is -0.480. The molecule has 0 amide bonds. The highest BCUT2D eigenvalue weighted by molar-refractivity contribution is 5.02. The van der Waals surface area contributed by atoms with Crippen molar-refractivity contribution < 1.29 is 5.11 Å². The van der Waals surface area contributed by atoms with Crippen molar-refractivity contribution in [3.63, 3.8) is 0 Å². The summed E-state index contributed by atoms with van der Waals surface area (Å²) < 4.78 is 0. The van der Waals surface area contributed by atoms with E-state index in [4.69, 9.17) is 5.73 Å². The number of rotatable bonds is 3. The third-order valence-electron chi connectivity index (χ3n) is 6.23. The molecule has 0 heterocycles. The number of nitrogens with two attached hydrogens (primary N) is 1. The van der Waals surface area contributed by atoms with Gasteiger partial charge in [0.2, 0.25) is 0 Å². The molecule has 0 aliphatic heterocycles. The summed E-state index contributed by atoms with van der Waals surface area (Å²) in [6.07, 6.45) is 11.8. The second-order valence-electron chi connectivity index (χ2n) is 7.51. The van der Waals surface area contributed by atoms with E-state index >= 15 is 0 Å². The molecule has 2 rings (SSSR count). The lowest BCUT2D eigenvalue weighted by atomic mass is 9.60. The Morgan fingerprint density at radius 3 is 2.26 bits per heavy atom. The Morgan fingerprint density at radius 1 is 1.00 bits per heavy atom. The van der Waals surface area contributed by atoms with Gasteiger partial charge < -0.3 is 10.8 Å². The number of hydrogen-bond donors (Lipinski definition) is 2. The fraction of sp³-hybridized carbons (Fsp3) is 1.00. The van der Waals surface area contributed by atoms with Crippen molar-refractivity contribution in [1.82, 2.24) is 0 Å². The number of aliphatic hydroxyl groups is 1. The van der Waals surface area contributed by atoms with Gasteiger partial charge in [-0.2, -0.15) is 0 Å². The molecule has 2 atom stereocenters. The van der Waals surface area contributed by atoms with Crippen molar-refractivity contribution in [3.05, 3.63) is 0 Å². The molecule has 0 saturated heterocycles. The van der Waals surface area contributed by atoms with Gasteiger partial charge in [-0.05, 0) is 43.9 Å². The van der Waals surface area contributed by atoms with Gasteiger partial charge in [0.1, 0.15) is 0 Å². The van der Waals surface area contributed by atoms with Gasteiger partial charge in [-0.15, -0.1) is 0 Å². The standard InChI is InChI=1S/C17H33NO/c1-14(2)15-7-6-11-17(19,12-8-15)16(13-18)9-4-3-5-10-16/h14-15,19H,3-13,18H2,1-2H3. The summed E-state index contributed by atoms with van der Waals surface area (Å²) in [5.74, 6) is 1.55. The van der Waals surface area contributed by atoms with Crippen LogP contribution in [-0.4, -0.2) is 17.3 Å². The first-order valence-electron chi connectivity index (χ1n) is 8.45.